The number of nitrogens with one attached hydrogen (secondary N) is 1. The Morgan fingerprint density at radius 3 is 2.50 bits per heavy atom. The highest BCUT2D eigenvalue weighted by molar-refractivity contribution is 5.77. The maximum Gasteiger partial charge on any atom is 0.239 e. The van der Waals surface area contributed by atoms with Crippen LogP contribution in [0.15, 0.2) is 30.6 Å². The summed E-state index contributed by atoms with van der Waals surface area (Å²) in [5, 5.41) is 2.59. The predicted octanol–water partition coefficient (Wildman–Crippen LogP) is 1.31. The number of benzene rings is 1. The van der Waals surface area contributed by atoms with Gasteiger partial charge in [0.25, 0.3) is 0 Å². The molecule has 1 aromatic heterocycles. The molecule has 6 heteroatoms. The van der Waals surface area contributed by atoms with Gasteiger partial charge in [0.1, 0.15) is 29.4 Å². The molecule has 0 aliphatic carbocycles. The Labute approximate surface area is 117 Å². The van der Waals surface area contributed by atoms with Gasteiger partial charge < -0.3 is 19.4 Å². The van der Waals surface area contributed by atoms with Crippen LogP contribution >= 0.6 is 0 Å². The van der Waals surface area contributed by atoms with E-state index in [1.807, 2.05) is 18.2 Å². The molecule has 0 radical (unpaired) electrons. The third-order valence-corrected chi connectivity index (χ3v) is 2.96. The van der Waals surface area contributed by atoms with Crippen molar-refractivity contribution >= 4 is 5.91 Å². The highest BCUT2D eigenvalue weighted by atomic mass is 16.5. The Morgan fingerprint density at radius 1 is 1.30 bits per heavy atom. The molecular weight excluding hydrogens is 258 g/mol. The molecule has 106 valence electrons. The van der Waals surface area contributed by atoms with Crippen LogP contribution in [-0.4, -0.2) is 36.7 Å². The Kier molecular flexibility index (Phi) is 4.24. The molecule has 0 aliphatic rings. The summed E-state index contributed by atoms with van der Waals surface area (Å²) in [6.07, 6.45) is 3.39. The molecule has 0 aliphatic heterocycles. The van der Waals surface area contributed by atoms with Gasteiger partial charge in [0, 0.05) is 19.4 Å². The first-order valence-electron chi connectivity index (χ1n) is 6.14. The van der Waals surface area contributed by atoms with Gasteiger partial charge in [-0.05, 0) is 12.1 Å². The predicted molar refractivity (Wildman–Crippen MR) is 74.8 cm³/mol. The lowest BCUT2D eigenvalue weighted by Gasteiger charge is -2.14. The molecule has 1 N–H and O–H groups in total. The Bertz CT molecular complexity index is 585. The van der Waals surface area contributed by atoms with E-state index in [0.717, 1.165) is 5.56 Å². The minimum atomic E-state index is -0.0990. The highest BCUT2D eigenvalue weighted by Gasteiger charge is 2.18. The Balaban J connectivity index is 2.51. The van der Waals surface area contributed by atoms with E-state index in [2.05, 4.69) is 10.3 Å². The SMILES string of the molecule is CNC(=O)Cn1ccnc1-c1c(OC)cccc1OC. The van der Waals surface area contributed by atoms with Crippen molar-refractivity contribution in [3.63, 3.8) is 0 Å². The van der Waals surface area contributed by atoms with Crippen molar-refractivity contribution in [1.82, 2.24) is 14.9 Å². The van der Waals surface area contributed by atoms with Gasteiger partial charge >= 0.3 is 0 Å². The van der Waals surface area contributed by atoms with Gasteiger partial charge in [0.2, 0.25) is 5.91 Å². The maximum atomic E-state index is 11.5. The van der Waals surface area contributed by atoms with Crippen molar-refractivity contribution in [2.45, 2.75) is 6.54 Å². The summed E-state index contributed by atoms with van der Waals surface area (Å²) in [5.74, 6) is 1.82. The second-order valence-electron chi connectivity index (χ2n) is 4.09. The monoisotopic (exact) mass is 275 g/mol. The number of nitrogens with zero attached hydrogens (tertiary/aromatic N) is 2. The van der Waals surface area contributed by atoms with Crippen LogP contribution in [0.3, 0.4) is 0 Å². The number of hydrogen-bond donors (Lipinski definition) is 1. The van der Waals surface area contributed by atoms with Gasteiger partial charge in [0.05, 0.1) is 14.2 Å². The second kappa shape index (κ2) is 6.10. The van der Waals surface area contributed by atoms with Gasteiger partial charge in [-0.3, -0.25) is 4.79 Å². The lowest BCUT2D eigenvalue weighted by molar-refractivity contribution is -0.121. The van der Waals surface area contributed by atoms with Gasteiger partial charge in [-0.1, -0.05) is 6.07 Å². The number of likely N-dealkylation sites (N-methyl/N-ethyl adjacent to an activating group) is 1. The van der Waals surface area contributed by atoms with Gasteiger partial charge in [-0.2, -0.15) is 0 Å². The summed E-state index contributed by atoms with van der Waals surface area (Å²) in [6.45, 7) is 0.188. The molecule has 0 spiro atoms. The maximum absolute atomic E-state index is 11.5. The summed E-state index contributed by atoms with van der Waals surface area (Å²) < 4.78 is 12.5. The molecule has 6 nitrogen and oxygen atoms in total. The number of carbonyl (C=O) groups excluding carboxylic acids is 1. The zero-order chi connectivity index (χ0) is 14.5. The highest BCUT2D eigenvalue weighted by Crippen LogP contribution is 2.37. The van der Waals surface area contributed by atoms with E-state index in [4.69, 9.17) is 9.47 Å². The molecule has 0 atom stereocenters. The summed E-state index contributed by atoms with van der Waals surface area (Å²) in [7, 11) is 4.78. The van der Waals surface area contributed by atoms with E-state index in [1.54, 1.807) is 38.2 Å². The Hall–Kier alpha value is -2.50. The number of rotatable bonds is 5. The molecule has 0 unspecified atom stereocenters. The average Bonchev–Trinajstić information content (AvgIpc) is 2.93. The minimum absolute atomic E-state index is 0.0990. The number of ether oxygens (including phenoxy) is 2. The lowest BCUT2D eigenvalue weighted by atomic mass is 10.1. The summed E-state index contributed by atoms with van der Waals surface area (Å²) in [4.78, 5) is 15.9. The van der Waals surface area contributed by atoms with Crippen molar-refractivity contribution in [1.29, 1.82) is 0 Å². The van der Waals surface area contributed by atoms with E-state index < -0.39 is 0 Å². The summed E-state index contributed by atoms with van der Waals surface area (Å²) >= 11 is 0. The second-order valence-corrected chi connectivity index (χ2v) is 4.09. The Morgan fingerprint density at radius 2 is 1.95 bits per heavy atom. The number of methoxy groups -OCH3 is 2. The average molecular weight is 275 g/mol. The van der Waals surface area contributed by atoms with Crippen molar-refractivity contribution in [3.8, 4) is 22.9 Å². The van der Waals surface area contributed by atoms with Gasteiger partial charge in [-0.15, -0.1) is 0 Å². The smallest absolute Gasteiger partial charge is 0.239 e. The van der Waals surface area contributed by atoms with Crippen LogP contribution in [0.2, 0.25) is 0 Å². The number of carbonyl (C=O) groups is 1. The zero-order valence-electron chi connectivity index (χ0n) is 11.7. The number of imidazole rings is 1. The van der Waals surface area contributed by atoms with Crippen LogP contribution in [0.4, 0.5) is 0 Å². The third-order valence-electron chi connectivity index (χ3n) is 2.96. The standard InChI is InChI=1S/C14H17N3O3/c1-15-12(18)9-17-8-7-16-14(17)13-10(19-2)5-4-6-11(13)20-3/h4-8H,9H2,1-3H3,(H,15,18). The lowest BCUT2D eigenvalue weighted by Crippen LogP contribution is -2.23. The first-order valence-corrected chi connectivity index (χ1v) is 6.14. The van der Waals surface area contributed by atoms with E-state index >= 15 is 0 Å². The topological polar surface area (TPSA) is 65.4 Å². The molecule has 0 bridgehead atoms. The molecule has 2 rings (SSSR count). The number of amides is 1. The molecule has 0 fully saturated rings. The fraction of sp³-hybridized carbons (Fsp3) is 0.286. The van der Waals surface area contributed by atoms with Crippen LogP contribution in [0, 0.1) is 0 Å². The van der Waals surface area contributed by atoms with Crippen LogP contribution in [0.25, 0.3) is 11.4 Å². The van der Waals surface area contributed by atoms with Crippen molar-refractivity contribution < 1.29 is 14.3 Å². The summed E-state index contributed by atoms with van der Waals surface area (Å²) in [6, 6.07) is 5.50. The molecule has 0 saturated carbocycles. The van der Waals surface area contributed by atoms with Crippen LogP contribution in [0.1, 0.15) is 0 Å². The molecular formula is C14H17N3O3. The van der Waals surface area contributed by atoms with Crippen molar-refractivity contribution in [2.24, 2.45) is 0 Å². The third kappa shape index (κ3) is 2.59. The normalized spacial score (nSPS) is 10.2. The molecule has 20 heavy (non-hydrogen) atoms. The first-order chi connectivity index (χ1) is 9.71. The quantitative estimate of drug-likeness (QED) is 0.893. The molecule has 1 amide bonds. The van der Waals surface area contributed by atoms with Gasteiger partial charge in [-0.25, -0.2) is 4.98 Å². The molecule has 1 heterocycles. The molecule has 1 aromatic carbocycles. The van der Waals surface area contributed by atoms with Crippen LogP contribution in [0.5, 0.6) is 11.5 Å². The molecule has 0 saturated heterocycles. The molecule has 2 aromatic rings. The zero-order valence-corrected chi connectivity index (χ0v) is 11.7. The first kappa shape index (κ1) is 13.9. The van der Waals surface area contributed by atoms with E-state index in [1.165, 1.54) is 0 Å². The largest absolute Gasteiger partial charge is 0.496 e. The fourth-order valence-corrected chi connectivity index (χ4v) is 1.97. The number of aromatic nitrogens is 2. The fourth-order valence-electron chi connectivity index (χ4n) is 1.97. The van der Waals surface area contributed by atoms with Crippen molar-refractivity contribution in [2.75, 3.05) is 21.3 Å². The van der Waals surface area contributed by atoms with E-state index in [-0.39, 0.29) is 12.5 Å². The van der Waals surface area contributed by atoms with Crippen LogP contribution < -0.4 is 14.8 Å². The van der Waals surface area contributed by atoms with Gasteiger partial charge in [0.15, 0.2) is 0 Å². The van der Waals surface area contributed by atoms with E-state index in [9.17, 15) is 4.79 Å². The minimum Gasteiger partial charge on any atom is -0.496 e. The number of hydrogen-bond acceptors (Lipinski definition) is 4. The van der Waals surface area contributed by atoms with Crippen LogP contribution in [-0.2, 0) is 11.3 Å². The summed E-state index contributed by atoms with van der Waals surface area (Å²) in [5.41, 5.74) is 0.728. The van der Waals surface area contributed by atoms with E-state index in [0.29, 0.717) is 17.3 Å². The van der Waals surface area contributed by atoms with Crippen molar-refractivity contribution in [3.05, 3.63) is 30.6 Å².